The number of benzene rings is 2. The number of thioether (sulfide) groups is 1. The van der Waals surface area contributed by atoms with Gasteiger partial charge in [0, 0.05) is 24.6 Å². The minimum absolute atomic E-state index is 0.240. The van der Waals surface area contributed by atoms with E-state index in [9.17, 15) is 9.59 Å². The molecule has 1 fully saturated rings. The number of amidine groups is 1. The molecule has 2 heterocycles. The van der Waals surface area contributed by atoms with Crippen molar-refractivity contribution in [2.24, 2.45) is 0 Å². The average molecular weight is 552 g/mol. The first-order chi connectivity index (χ1) is 16.9. The van der Waals surface area contributed by atoms with E-state index in [0.717, 1.165) is 34.5 Å². The van der Waals surface area contributed by atoms with Crippen LogP contribution in [0, 0.1) is 5.41 Å². The monoisotopic (exact) mass is 551 g/mol. The summed E-state index contributed by atoms with van der Waals surface area (Å²) in [6, 6.07) is 11.8. The zero-order valence-corrected chi connectivity index (χ0v) is 21.4. The summed E-state index contributed by atoms with van der Waals surface area (Å²) in [4.78, 5) is 32.2. The van der Waals surface area contributed by atoms with Gasteiger partial charge in [-0.3, -0.25) is 5.41 Å². The fourth-order valence-corrected chi connectivity index (χ4v) is 4.66. The van der Waals surface area contributed by atoms with Crippen molar-refractivity contribution in [3.63, 3.8) is 0 Å². The molecule has 2 aromatic carbocycles. The van der Waals surface area contributed by atoms with Crippen LogP contribution in [0.15, 0.2) is 59.0 Å². The van der Waals surface area contributed by atoms with Crippen LogP contribution in [-0.2, 0) is 0 Å². The topological polar surface area (TPSA) is 107 Å². The number of anilines is 2. The SMILES string of the molecule is COc1ccc(NC(=O)c2ccc(C(=N)N3CCSCC3)cc2)c(C(=O)Nc2cbc(Br)cn2)c1. The summed E-state index contributed by atoms with van der Waals surface area (Å²) in [6.07, 6.45) is 1.58. The first-order valence-corrected chi connectivity index (χ1v) is 12.8. The van der Waals surface area contributed by atoms with Gasteiger partial charge in [0.25, 0.3) is 0 Å². The van der Waals surface area contributed by atoms with Gasteiger partial charge in [-0.1, -0.05) is 0 Å². The third kappa shape index (κ3) is 6.29. The third-order valence-electron chi connectivity index (χ3n) is 5.44. The zero-order chi connectivity index (χ0) is 24.8. The Morgan fingerprint density at radius 1 is 1.09 bits per heavy atom. The Bertz CT molecular complexity index is 1230. The molecule has 4 rings (SSSR count). The van der Waals surface area contributed by atoms with Crippen molar-refractivity contribution in [3.05, 3.63) is 75.7 Å². The van der Waals surface area contributed by atoms with E-state index in [-0.39, 0.29) is 11.5 Å². The number of halogens is 1. The van der Waals surface area contributed by atoms with Crippen molar-refractivity contribution in [3.8, 4) is 5.75 Å². The van der Waals surface area contributed by atoms with Crippen LogP contribution in [0.2, 0.25) is 0 Å². The van der Waals surface area contributed by atoms with Crippen molar-refractivity contribution < 1.29 is 14.3 Å². The fourth-order valence-electron chi connectivity index (χ4n) is 3.52. The molecule has 1 aliphatic heterocycles. The normalized spacial score (nSPS) is 13.0. The van der Waals surface area contributed by atoms with E-state index in [1.54, 1.807) is 61.5 Å². The first kappa shape index (κ1) is 24.9. The average Bonchev–Trinajstić information content (AvgIpc) is 2.90. The van der Waals surface area contributed by atoms with Crippen LogP contribution in [0.3, 0.4) is 0 Å². The Morgan fingerprint density at radius 3 is 2.46 bits per heavy atom. The molecule has 0 saturated carbocycles. The third-order valence-corrected chi connectivity index (χ3v) is 6.85. The number of aromatic nitrogens is 1. The van der Waals surface area contributed by atoms with Crippen LogP contribution >= 0.6 is 27.7 Å². The molecule has 2 amide bonds. The molecule has 0 radical (unpaired) electrons. The summed E-state index contributed by atoms with van der Waals surface area (Å²) in [6.45, 7) is 3.47. The van der Waals surface area contributed by atoms with Crippen molar-refractivity contribution in [1.29, 1.82) is 5.41 Å². The quantitative estimate of drug-likeness (QED) is 0.315. The van der Waals surface area contributed by atoms with E-state index >= 15 is 0 Å². The first-order valence-electron chi connectivity index (χ1n) is 10.9. The Balaban J connectivity index is 1.49. The molecule has 178 valence electrons. The standard InChI is InChI=1S/C24H23BBrN5O3S/c1-34-17-6-7-19(18(12-17)24(33)30-21-13-25-20(26)14-28-21)29-23(32)16-4-2-15(3-5-16)22(27)31-8-10-35-11-9-31/h2-7,12-14,27H,8-11H2,1H3,(H,29,32)(H,28,30,33). The number of amides is 2. The number of hydrogen-bond donors (Lipinski definition) is 3. The minimum atomic E-state index is -0.433. The Morgan fingerprint density at radius 2 is 1.80 bits per heavy atom. The van der Waals surface area contributed by atoms with Crippen molar-refractivity contribution in [1.82, 2.24) is 9.88 Å². The number of nitrogens with one attached hydrogen (secondary N) is 3. The van der Waals surface area contributed by atoms with Crippen molar-refractivity contribution in [2.75, 3.05) is 42.3 Å². The zero-order valence-electron chi connectivity index (χ0n) is 19.0. The van der Waals surface area contributed by atoms with Crippen LogP contribution in [0.5, 0.6) is 5.75 Å². The summed E-state index contributed by atoms with van der Waals surface area (Å²) in [5.74, 6) is 4.22. The predicted molar refractivity (Wildman–Crippen MR) is 144 cm³/mol. The van der Waals surface area contributed by atoms with Crippen LogP contribution in [0.25, 0.3) is 0 Å². The van der Waals surface area contributed by atoms with Gasteiger partial charge in [0.2, 0.25) is 0 Å². The second-order valence-electron chi connectivity index (χ2n) is 7.71. The molecule has 0 aliphatic carbocycles. The van der Waals surface area contributed by atoms with Gasteiger partial charge in [-0.05, 0) is 0 Å². The molecule has 1 saturated heterocycles. The number of hydrogen-bond acceptors (Lipinski definition) is 6. The molecule has 8 nitrogen and oxygen atoms in total. The van der Waals surface area contributed by atoms with Crippen LogP contribution in [-0.4, -0.2) is 66.1 Å². The molecule has 0 atom stereocenters. The van der Waals surface area contributed by atoms with E-state index in [0.29, 0.717) is 28.7 Å². The maximum absolute atomic E-state index is 13.0. The molecule has 3 aromatic rings. The van der Waals surface area contributed by atoms with Gasteiger partial charge < -0.3 is 4.90 Å². The van der Waals surface area contributed by atoms with Gasteiger partial charge in [-0.2, -0.15) is 11.8 Å². The van der Waals surface area contributed by atoms with Gasteiger partial charge in [-0.25, -0.2) is 0 Å². The van der Waals surface area contributed by atoms with Crippen molar-refractivity contribution in [2.45, 2.75) is 0 Å². The Kier molecular flexibility index (Phi) is 8.19. The molecule has 11 heteroatoms. The molecule has 0 unspecified atom stereocenters. The summed E-state index contributed by atoms with van der Waals surface area (Å²) < 4.78 is 6.05. The molecule has 1 aromatic heterocycles. The number of carbonyl (C=O) groups excluding carboxylic acids is 2. The van der Waals surface area contributed by atoms with Crippen LogP contribution < -0.4 is 15.4 Å². The van der Waals surface area contributed by atoms with E-state index in [4.69, 9.17) is 10.1 Å². The molecule has 0 bridgehead atoms. The molecule has 35 heavy (non-hydrogen) atoms. The van der Waals surface area contributed by atoms with Crippen LogP contribution in [0.4, 0.5) is 11.5 Å². The molecule has 3 N–H and O–H groups in total. The number of rotatable bonds is 6. The number of ether oxygens (including phenoxy) is 1. The van der Waals surface area contributed by atoms with E-state index in [1.165, 1.54) is 7.11 Å². The van der Waals surface area contributed by atoms with Crippen LogP contribution in [0.1, 0.15) is 26.3 Å². The van der Waals surface area contributed by atoms with Gasteiger partial charge >= 0.3 is 165 Å². The van der Waals surface area contributed by atoms with E-state index in [1.807, 2.05) is 16.7 Å². The second kappa shape index (κ2) is 11.5. The second-order valence-corrected chi connectivity index (χ2v) is 9.85. The number of nitrogens with zero attached hydrogens (tertiary/aromatic N) is 2. The number of methoxy groups -OCH3 is 1. The summed E-state index contributed by atoms with van der Waals surface area (Å²) in [5, 5.41) is 14.0. The predicted octanol–water partition coefficient (Wildman–Crippen LogP) is 4.07. The summed E-state index contributed by atoms with van der Waals surface area (Å²) in [5.41, 5.74) is 1.77. The van der Waals surface area contributed by atoms with Crippen molar-refractivity contribution >= 4 is 63.8 Å². The molecular weight excluding hydrogens is 529 g/mol. The van der Waals surface area contributed by atoms with Gasteiger partial charge in [0.1, 0.15) is 5.84 Å². The molecule has 0 spiro atoms. The van der Waals surface area contributed by atoms with Gasteiger partial charge in [0.05, 0.1) is 0 Å². The number of carbonyl (C=O) groups is 2. The fraction of sp³-hybridized carbons (Fsp3) is 0.208. The maximum atomic E-state index is 13.0. The molecular formula is C24H23BBrN5O3S. The Hall–Kier alpha value is -3.18. The Labute approximate surface area is 216 Å². The molecule has 1 aliphatic rings. The van der Waals surface area contributed by atoms with E-state index in [2.05, 4.69) is 31.5 Å². The van der Waals surface area contributed by atoms with E-state index < -0.39 is 5.91 Å². The van der Waals surface area contributed by atoms with Gasteiger partial charge in [-0.15, -0.1) is 0 Å². The van der Waals surface area contributed by atoms with Gasteiger partial charge in [0.15, 0.2) is 0 Å². The summed E-state index contributed by atoms with van der Waals surface area (Å²) >= 11 is 5.21. The summed E-state index contributed by atoms with van der Waals surface area (Å²) in [7, 11) is 1.51.